The summed E-state index contributed by atoms with van der Waals surface area (Å²) in [4.78, 5) is 14.9. The number of amides is 1. The van der Waals surface area contributed by atoms with E-state index in [1.165, 1.54) is 22.7 Å². The molecule has 0 spiro atoms. The molecule has 2 aromatic rings. The number of likely N-dealkylation sites (tertiary alicyclic amines) is 1. The molecule has 0 bridgehead atoms. The van der Waals surface area contributed by atoms with E-state index in [0.29, 0.717) is 5.19 Å². The van der Waals surface area contributed by atoms with Crippen molar-refractivity contribution in [2.45, 2.75) is 18.9 Å². The van der Waals surface area contributed by atoms with Crippen molar-refractivity contribution < 1.29 is 9.53 Å². The summed E-state index contributed by atoms with van der Waals surface area (Å²) in [6.07, 6.45) is 1.83. The van der Waals surface area contributed by atoms with Crippen LogP contribution in [0.1, 0.15) is 22.5 Å². The standard InChI is InChI=1S/C12H13N3O2S2/c16-11(10-2-1-7-18-10)15-5-3-9(4-6-15)17-12-14-13-8-19-12/h1-2,7-9H,3-6H2. The monoisotopic (exact) mass is 295 g/mol. The van der Waals surface area contributed by atoms with Crippen LogP contribution in [0.25, 0.3) is 0 Å². The Kier molecular flexibility index (Phi) is 3.74. The predicted octanol–water partition coefficient (Wildman–Crippen LogP) is 2.28. The van der Waals surface area contributed by atoms with Gasteiger partial charge in [0.2, 0.25) is 0 Å². The van der Waals surface area contributed by atoms with Crippen LogP contribution in [0.5, 0.6) is 5.19 Å². The summed E-state index contributed by atoms with van der Waals surface area (Å²) >= 11 is 2.89. The molecule has 0 saturated carbocycles. The molecule has 0 aliphatic carbocycles. The molecular formula is C12H13N3O2S2. The highest BCUT2D eigenvalue weighted by Gasteiger charge is 2.25. The van der Waals surface area contributed by atoms with Crippen molar-refractivity contribution in [1.29, 1.82) is 0 Å². The van der Waals surface area contributed by atoms with Gasteiger partial charge in [0.1, 0.15) is 11.6 Å². The lowest BCUT2D eigenvalue weighted by Gasteiger charge is -2.31. The number of carbonyl (C=O) groups excluding carboxylic acids is 1. The fraction of sp³-hybridized carbons (Fsp3) is 0.417. The molecular weight excluding hydrogens is 282 g/mol. The second-order valence-electron chi connectivity index (χ2n) is 4.29. The van der Waals surface area contributed by atoms with Gasteiger partial charge in [-0.15, -0.1) is 21.5 Å². The maximum absolute atomic E-state index is 12.2. The second kappa shape index (κ2) is 5.66. The van der Waals surface area contributed by atoms with Crippen LogP contribution >= 0.6 is 22.7 Å². The molecule has 100 valence electrons. The molecule has 1 aliphatic rings. The van der Waals surface area contributed by atoms with Crippen molar-refractivity contribution in [1.82, 2.24) is 15.1 Å². The van der Waals surface area contributed by atoms with E-state index in [0.717, 1.165) is 30.8 Å². The highest BCUT2D eigenvalue weighted by molar-refractivity contribution is 7.12. The van der Waals surface area contributed by atoms with Gasteiger partial charge in [0.25, 0.3) is 11.1 Å². The second-order valence-corrected chi connectivity index (χ2v) is 6.03. The van der Waals surface area contributed by atoms with E-state index in [1.54, 1.807) is 5.51 Å². The molecule has 0 aromatic carbocycles. The van der Waals surface area contributed by atoms with Crippen LogP contribution in [-0.2, 0) is 0 Å². The fourth-order valence-corrected chi connectivity index (χ4v) is 3.25. The van der Waals surface area contributed by atoms with Gasteiger partial charge in [0, 0.05) is 25.9 Å². The van der Waals surface area contributed by atoms with Gasteiger partial charge in [0.15, 0.2) is 0 Å². The number of rotatable bonds is 3. The molecule has 19 heavy (non-hydrogen) atoms. The maximum Gasteiger partial charge on any atom is 0.294 e. The summed E-state index contributed by atoms with van der Waals surface area (Å²) in [6.45, 7) is 1.47. The molecule has 3 heterocycles. The zero-order valence-corrected chi connectivity index (χ0v) is 11.8. The third kappa shape index (κ3) is 2.93. The van der Waals surface area contributed by atoms with Gasteiger partial charge < -0.3 is 9.64 Å². The van der Waals surface area contributed by atoms with Crippen LogP contribution in [0.15, 0.2) is 23.0 Å². The summed E-state index contributed by atoms with van der Waals surface area (Å²) in [6, 6.07) is 3.78. The Labute approximate surface area is 118 Å². The van der Waals surface area contributed by atoms with E-state index >= 15 is 0 Å². The Bertz CT molecular complexity index is 519. The molecule has 7 heteroatoms. The van der Waals surface area contributed by atoms with Crippen molar-refractivity contribution in [3.63, 3.8) is 0 Å². The zero-order valence-electron chi connectivity index (χ0n) is 10.2. The van der Waals surface area contributed by atoms with E-state index in [-0.39, 0.29) is 12.0 Å². The third-order valence-electron chi connectivity index (χ3n) is 3.07. The number of thiophene rings is 1. The Hall–Kier alpha value is -1.47. The fourth-order valence-electron chi connectivity index (χ4n) is 2.09. The Morgan fingerprint density at radius 1 is 1.37 bits per heavy atom. The van der Waals surface area contributed by atoms with Crippen molar-refractivity contribution in [3.05, 3.63) is 27.9 Å². The van der Waals surface area contributed by atoms with E-state index in [2.05, 4.69) is 10.2 Å². The molecule has 0 unspecified atom stereocenters. The number of carbonyl (C=O) groups is 1. The van der Waals surface area contributed by atoms with Gasteiger partial charge in [-0.3, -0.25) is 4.79 Å². The lowest BCUT2D eigenvalue weighted by atomic mass is 10.1. The normalized spacial score (nSPS) is 16.5. The van der Waals surface area contributed by atoms with E-state index < -0.39 is 0 Å². The molecule has 0 atom stereocenters. The smallest absolute Gasteiger partial charge is 0.294 e. The number of piperidine rings is 1. The number of hydrogen-bond acceptors (Lipinski definition) is 6. The highest BCUT2D eigenvalue weighted by atomic mass is 32.1. The molecule has 0 radical (unpaired) electrons. The maximum atomic E-state index is 12.2. The van der Waals surface area contributed by atoms with Crippen LogP contribution in [-0.4, -0.2) is 40.2 Å². The number of ether oxygens (including phenoxy) is 1. The molecule has 5 nitrogen and oxygen atoms in total. The van der Waals surface area contributed by atoms with Gasteiger partial charge in [0.05, 0.1) is 4.88 Å². The van der Waals surface area contributed by atoms with Crippen LogP contribution in [0.4, 0.5) is 0 Å². The quantitative estimate of drug-likeness (QED) is 0.871. The van der Waals surface area contributed by atoms with E-state index in [4.69, 9.17) is 4.74 Å². The largest absolute Gasteiger partial charge is 0.465 e. The summed E-state index contributed by atoms with van der Waals surface area (Å²) in [5, 5.41) is 10.2. The molecule has 1 saturated heterocycles. The van der Waals surface area contributed by atoms with Crippen LogP contribution in [0, 0.1) is 0 Å². The average Bonchev–Trinajstić information content (AvgIpc) is 3.12. The van der Waals surface area contributed by atoms with Crippen molar-refractivity contribution in [2.75, 3.05) is 13.1 Å². The SMILES string of the molecule is O=C(c1cccs1)N1CCC(Oc2nncs2)CC1. The van der Waals surface area contributed by atoms with Gasteiger partial charge in [-0.25, -0.2) is 0 Å². The van der Waals surface area contributed by atoms with Crippen LogP contribution < -0.4 is 4.74 Å². The van der Waals surface area contributed by atoms with Crippen molar-refractivity contribution in [3.8, 4) is 5.19 Å². The molecule has 1 amide bonds. The van der Waals surface area contributed by atoms with E-state index in [9.17, 15) is 4.79 Å². The molecule has 1 fully saturated rings. The minimum Gasteiger partial charge on any atom is -0.465 e. The summed E-state index contributed by atoms with van der Waals surface area (Å²) in [7, 11) is 0. The third-order valence-corrected chi connectivity index (χ3v) is 4.51. The average molecular weight is 295 g/mol. The molecule has 1 aliphatic heterocycles. The molecule has 0 N–H and O–H groups in total. The van der Waals surface area contributed by atoms with E-state index in [1.807, 2.05) is 22.4 Å². The number of aromatic nitrogens is 2. The number of nitrogens with zero attached hydrogens (tertiary/aromatic N) is 3. The molecule has 3 rings (SSSR count). The first-order valence-electron chi connectivity index (χ1n) is 6.08. The van der Waals surface area contributed by atoms with Crippen LogP contribution in [0.2, 0.25) is 0 Å². The number of hydrogen-bond donors (Lipinski definition) is 0. The summed E-state index contributed by atoms with van der Waals surface area (Å²) in [5.74, 6) is 0.129. The lowest BCUT2D eigenvalue weighted by Crippen LogP contribution is -2.41. The first kappa shape index (κ1) is 12.6. The minimum atomic E-state index is 0.129. The van der Waals surface area contributed by atoms with Crippen molar-refractivity contribution in [2.24, 2.45) is 0 Å². The minimum absolute atomic E-state index is 0.129. The lowest BCUT2D eigenvalue weighted by molar-refractivity contribution is 0.0598. The summed E-state index contributed by atoms with van der Waals surface area (Å²) in [5.41, 5.74) is 1.66. The van der Waals surface area contributed by atoms with Crippen molar-refractivity contribution >= 4 is 28.6 Å². The van der Waals surface area contributed by atoms with Gasteiger partial charge in [-0.2, -0.15) is 0 Å². The van der Waals surface area contributed by atoms with Gasteiger partial charge >= 0.3 is 0 Å². The summed E-state index contributed by atoms with van der Waals surface area (Å²) < 4.78 is 5.72. The Morgan fingerprint density at radius 2 is 2.21 bits per heavy atom. The predicted molar refractivity (Wildman–Crippen MR) is 73.8 cm³/mol. The first-order chi connectivity index (χ1) is 9.33. The Balaban J connectivity index is 1.53. The van der Waals surface area contributed by atoms with Gasteiger partial charge in [-0.05, 0) is 11.4 Å². The van der Waals surface area contributed by atoms with Crippen LogP contribution in [0.3, 0.4) is 0 Å². The Morgan fingerprint density at radius 3 is 2.84 bits per heavy atom. The van der Waals surface area contributed by atoms with Gasteiger partial charge in [-0.1, -0.05) is 17.4 Å². The topological polar surface area (TPSA) is 55.3 Å². The zero-order chi connectivity index (χ0) is 13.1. The molecule has 2 aromatic heterocycles. The highest BCUT2D eigenvalue weighted by Crippen LogP contribution is 2.21. The first-order valence-corrected chi connectivity index (χ1v) is 7.84.